The van der Waals surface area contributed by atoms with E-state index in [1.807, 2.05) is 0 Å². The number of nitrogens with one attached hydrogen (secondary N) is 1. The molecule has 0 spiro atoms. The van der Waals surface area contributed by atoms with E-state index in [1.54, 1.807) is 0 Å². The molecule has 1 atom stereocenters. The van der Waals surface area contributed by atoms with Gasteiger partial charge in [-0.15, -0.1) is 0 Å². The van der Waals surface area contributed by atoms with Crippen LogP contribution in [0.25, 0.3) is 0 Å². The van der Waals surface area contributed by atoms with E-state index in [-0.39, 0.29) is 0 Å². The summed E-state index contributed by atoms with van der Waals surface area (Å²) in [6, 6.07) is 7.77. The average Bonchev–Trinajstić information content (AvgIpc) is 2.64. The Labute approximate surface area is 117 Å². The first-order valence-electron chi connectivity index (χ1n) is 7.92. The predicted molar refractivity (Wildman–Crippen MR) is 81.6 cm³/mol. The van der Waals surface area contributed by atoms with Gasteiger partial charge in [-0.25, -0.2) is 0 Å². The highest BCUT2D eigenvalue weighted by Crippen LogP contribution is 2.25. The van der Waals surface area contributed by atoms with Crippen LogP contribution in [-0.4, -0.2) is 24.0 Å². The van der Waals surface area contributed by atoms with E-state index in [9.17, 15) is 0 Å². The lowest BCUT2D eigenvalue weighted by Crippen LogP contribution is -2.32. The van der Waals surface area contributed by atoms with Crippen molar-refractivity contribution in [3.05, 3.63) is 29.3 Å². The minimum Gasteiger partial charge on any atom is -0.385 e. The fourth-order valence-corrected chi connectivity index (χ4v) is 3.43. The Morgan fingerprint density at radius 1 is 1.21 bits per heavy atom. The molecule has 19 heavy (non-hydrogen) atoms. The first-order valence-corrected chi connectivity index (χ1v) is 7.92. The third kappa shape index (κ3) is 3.11. The Balaban J connectivity index is 1.71. The SMILES string of the molecule is CC1CCCCCN1Cc1ccc2c(c1)CCCN2. The molecule has 1 aromatic carbocycles. The highest BCUT2D eigenvalue weighted by molar-refractivity contribution is 5.54. The summed E-state index contributed by atoms with van der Waals surface area (Å²) in [6.07, 6.45) is 8.08. The van der Waals surface area contributed by atoms with Gasteiger partial charge in [0.2, 0.25) is 0 Å². The van der Waals surface area contributed by atoms with E-state index < -0.39 is 0 Å². The van der Waals surface area contributed by atoms with Gasteiger partial charge in [0.15, 0.2) is 0 Å². The molecular formula is C17H26N2. The topological polar surface area (TPSA) is 15.3 Å². The summed E-state index contributed by atoms with van der Waals surface area (Å²) >= 11 is 0. The highest BCUT2D eigenvalue weighted by atomic mass is 15.1. The number of aryl methyl sites for hydroxylation is 1. The normalized spacial score (nSPS) is 24.4. The van der Waals surface area contributed by atoms with E-state index in [4.69, 9.17) is 0 Å². The third-order valence-electron chi connectivity index (χ3n) is 4.68. The molecule has 2 heteroatoms. The molecule has 0 bridgehead atoms. The van der Waals surface area contributed by atoms with Crippen molar-refractivity contribution in [1.29, 1.82) is 0 Å². The number of nitrogens with zero attached hydrogens (tertiary/aromatic N) is 1. The Kier molecular flexibility index (Phi) is 4.07. The Morgan fingerprint density at radius 3 is 3.11 bits per heavy atom. The van der Waals surface area contributed by atoms with Gasteiger partial charge in [-0.3, -0.25) is 4.90 Å². The van der Waals surface area contributed by atoms with Crippen LogP contribution in [0, 0.1) is 0 Å². The second-order valence-corrected chi connectivity index (χ2v) is 6.19. The molecular weight excluding hydrogens is 232 g/mol. The van der Waals surface area contributed by atoms with E-state index in [1.165, 1.54) is 61.9 Å². The maximum absolute atomic E-state index is 3.50. The van der Waals surface area contributed by atoms with Gasteiger partial charge < -0.3 is 5.32 Å². The van der Waals surface area contributed by atoms with Crippen LogP contribution in [0.5, 0.6) is 0 Å². The van der Waals surface area contributed by atoms with E-state index in [0.717, 1.165) is 19.1 Å². The van der Waals surface area contributed by atoms with Crippen LogP contribution in [0.3, 0.4) is 0 Å². The van der Waals surface area contributed by atoms with Crippen LogP contribution in [0.4, 0.5) is 5.69 Å². The molecule has 1 unspecified atom stereocenters. The summed E-state index contributed by atoms with van der Waals surface area (Å²) in [6.45, 7) is 5.94. The van der Waals surface area contributed by atoms with Crippen LogP contribution in [0.2, 0.25) is 0 Å². The second-order valence-electron chi connectivity index (χ2n) is 6.19. The van der Waals surface area contributed by atoms with Crippen molar-refractivity contribution in [3.8, 4) is 0 Å². The maximum atomic E-state index is 3.50. The Morgan fingerprint density at radius 2 is 2.16 bits per heavy atom. The Hall–Kier alpha value is -1.02. The molecule has 0 amide bonds. The van der Waals surface area contributed by atoms with Gasteiger partial charge in [0.05, 0.1) is 0 Å². The lowest BCUT2D eigenvalue weighted by atomic mass is 10.0. The fraction of sp³-hybridized carbons (Fsp3) is 0.647. The van der Waals surface area contributed by atoms with Gasteiger partial charge >= 0.3 is 0 Å². The van der Waals surface area contributed by atoms with E-state index >= 15 is 0 Å². The first-order chi connectivity index (χ1) is 9.33. The number of rotatable bonds is 2. The quantitative estimate of drug-likeness (QED) is 0.868. The summed E-state index contributed by atoms with van der Waals surface area (Å²) in [4.78, 5) is 2.67. The fourth-order valence-electron chi connectivity index (χ4n) is 3.43. The molecule has 2 heterocycles. The summed E-state index contributed by atoms with van der Waals surface area (Å²) in [5, 5.41) is 3.50. The first kappa shape index (κ1) is 13.0. The predicted octanol–water partition coefficient (Wildman–Crippen LogP) is 3.81. The average molecular weight is 258 g/mol. The molecule has 0 aliphatic carbocycles. The summed E-state index contributed by atoms with van der Waals surface area (Å²) < 4.78 is 0. The third-order valence-corrected chi connectivity index (χ3v) is 4.68. The highest BCUT2D eigenvalue weighted by Gasteiger charge is 2.17. The maximum Gasteiger partial charge on any atom is 0.0372 e. The van der Waals surface area contributed by atoms with Crippen LogP contribution < -0.4 is 5.32 Å². The number of hydrogen-bond acceptors (Lipinski definition) is 2. The standard InChI is InChI=1S/C17H26N2/c1-14-6-3-2-4-11-19(14)13-15-8-9-17-16(12-15)7-5-10-18-17/h8-9,12,14,18H,2-7,10-11,13H2,1H3. The van der Waals surface area contributed by atoms with Crippen molar-refractivity contribution in [2.45, 2.75) is 58.0 Å². The minimum absolute atomic E-state index is 0.747. The molecule has 0 aromatic heterocycles. The minimum atomic E-state index is 0.747. The van der Waals surface area contributed by atoms with Gasteiger partial charge in [-0.1, -0.05) is 25.0 Å². The monoisotopic (exact) mass is 258 g/mol. The lowest BCUT2D eigenvalue weighted by Gasteiger charge is -2.27. The van der Waals surface area contributed by atoms with Crippen molar-refractivity contribution in [3.63, 3.8) is 0 Å². The smallest absolute Gasteiger partial charge is 0.0372 e. The molecule has 1 fully saturated rings. The molecule has 1 aromatic rings. The molecule has 2 aliphatic heterocycles. The van der Waals surface area contributed by atoms with Gasteiger partial charge in [-0.05, 0) is 56.3 Å². The zero-order chi connectivity index (χ0) is 13.1. The molecule has 0 saturated carbocycles. The molecule has 1 N–H and O–H groups in total. The molecule has 2 aliphatic rings. The number of anilines is 1. The number of fused-ring (bicyclic) bond motifs is 1. The van der Waals surface area contributed by atoms with Crippen LogP contribution >= 0.6 is 0 Å². The largest absolute Gasteiger partial charge is 0.385 e. The second kappa shape index (κ2) is 5.96. The number of benzene rings is 1. The van der Waals surface area contributed by atoms with Crippen molar-refractivity contribution >= 4 is 5.69 Å². The van der Waals surface area contributed by atoms with Gasteiger partial charge in [0, 0.05) is 24.8 Å². The zero-order valence-corrected chi connectivity index (χ0v) is 12.1. The molecule has 1 saturated heterocycles. The molecule has 3 rings (SSSR count). The zero-order valence-electron chi connectivity index (χ0n) is 12.1. The van der Waals surface area contributed by atoms with E-state index in [2.05, 4.69) is 35.3 Å². The Bertz CT molecular complexity index is 427. The van der Waals surface area contributed by atoms with Crippen molar-refractivity contribution in [1.82, 2.24) is 4.90 Å². The molecule has 2 nitrogen and oxygen atoms in total. The number of hydrogen-bond donors (Lipinski definition) is 1. The van der Waals surface area contributed by atoms with Crippen LogP contribution in [0.1, 0.15) is 50.2 Å². The van der Waals surface area contributed by atoms with E-state index in [0.29, 0.717) is 0 Å². The summed E-state index contributed by atoms with van der Waals surface area (Å²) in [7, 11) is 0. The van der Waals surface area contributed by atoms with Gasteiger partial charge in [0.1, 0.15) is 0 Å². The lowest BCUT2D eigenvalue weighted by molar-refractivity contribution is 0.205. The van der Waals surface area contributed by atoms with Crippen molar-refractivity contribution < 1.29 is 0 Å². The van der Waals surface area contributed by atoms with Crippen molar-refractivity contribution in [2.75, 3.05) is 18.4 Å². The van der Waals surface area contributed by atoms with Crippen LogP contribution in [0.15, 0.2) is 18.2 Å². The molecule has 0 radical (unpaired) electrons. The molecule has 104 valence electrons. The van der Waals surface area contributed by atoms with Gasteiger partial charge in [-0.2, -0.15) is 0 Å². The van der Waals surface area contributed by atoms with Crippen LogP contribution in [-0.2, 0) is 13.0 Å². The summed E-state index contributed by atoms with van der Waals surface area (Å²) in [5.41, 5.74) is 4.38. The summed E-state index contributed by atoms with van der Waals surface area (Å²) in [5.74, 6) is 0. The van der Waals surface area contributed by atoms with Gasteiger partial charge in [0.25, 0.3) is 0 Å². The number of likely N-dealkylation sites (tertiary alicyclic amines) is 1. The van der Waals surface area contributed by atoms with Crippen molar-refractivity contribution in [2.24, 2.45) is 0 Å².